The predicted octanol–water partition coefficient (Wildman–Crippen LogP) is 4.98. The van der Waals surface area contributed by atoms with Crippen molar-refractivity contribution in [2.24, 2.45) is 0 Å². The lowest BCUT2D eigenvalue weighted by Gasteiger charge is -2.24. The van der Waals surface area contributed by atoms with E-state index in [0.29, 0.717) is 11.6 Å². The highest BCUT2D eigenvalue weighted by atomic mass is 16.4. The minimum atomic E-state index is 0.169. The van der Waals surface area contributed by atoms with Gasteiger partial charge in [0.05, 0.1) is 6.04 Å². The fraction of sp³-hybridized carbons (Fsp3) is 0.524. The third-order valence-corrected chi connectivity index (χ3v) is 4.94. The first-order chi connectivity index (χ1) is 12.1. The fourth-order valence-electron chi connectivity index (χ4n) is 3.61. The summed E-state index contributed by atoms with van der Waals surface area (Å²) in [5, 5.41) is 8.06. The molecular weight excluding hydrogens is 310 g/mol. The largest absolute Gasteiger partial charge is 0.425 e. The number of nitrogens with zero attached hydrogens (tertiary/aromatic N) is 2. The second-order valence-electron chi connectivity index (χ2n) is 7.33. The smallest absolute Gasteiger partial charge is 0.220 e. The number of anilines is 1. The van der Waals surface area contributed by atoms with Crippen LogP contribution in [-0.4, -0.2) is 23.3 Å². The van der Waals surface area contributed by atoms with E-state index in [0.717, 1.165) is 56.1 Å². The van der Waals surface area contributed by atoms with Gasteiger partial charge in [0.15, 0.2) is 5.89 Å². The molecule has 2 heterocycles. The Kier molecular flexibility index (Phi) is 5.57. The number of hydrogen-bond donors (Lipinski definition) is 1. The van der Waals surface area contributed by atoms with Gasteiger partial charge in [-0.2, -0.15) is 0 Å². The van der Waals surface area contributed by atoms with E-state index in [1.807, 2.05) is 6.92 Å². The van der Waals surface area contributed by atoms with Crippen LogP contribution in [0.2, 0.25) is 0 Å². The van der Waals surface area contributed by atoms with Gasteiger partial charge in [-0.15, -0.1) is 0 Å². The molecule has 0 unspecified atom stereocenters. The van der Waals surface area contributed by atoms with Crippen LogP contribution in [0.5, 0.6) is 0 Å². The average Bonchev–Trinajstić information content (AvgIpc) is 3.22. The lowest BCUT2D eigenvalue weighted by molar-refractivity contribution is 0.480. The monoisotopic (exact) mass is 339 g/mol. The number of oxazole rings is 1. The highest BCUT2D eigenvalue weighted by molar-refractivity contribution is 5.87. The summed E-state index contributed by atoms with van der Waals surface area (Å²) in [6.07, 6.45) is 5.09. The molecule has 134 valence electrons. The third kappa shape index (κ3) is 4.12. The lowest BCUT2D eigenvalue weighted by Crippen LogP contribution is -2.34. The normalized spacial score (nSPS) is 17.4. The number of rotatable bonds is 7. The predicted molar refractivity (Wildman–Crippen MR) is 103 cm³/mol. The summed E-state index contributed by atoms with van der Waals surface area (Å²) >= 11 is 0. The van der Waals surface area contributed by atoms with Gasteiger partial charge in [0, 0.05) is 24.6 Å². The number of benzene rings is 1. The van der Waals surface area contributed by atoms with Crippen molar-refractivity contribution in [3.05, 3.63) is 47.5 Å². The Morgan fingerprint density at radius 2 is 2.04 bits per heavy atom. The molecule has 0 radical (unpaired) electrons. The average molecular weight is 339 g/mol. The van der Waals surface area contributed by atoms with E-state index in [4.69, 9.17) is 14.8 Å². The van der Waals surface area contributed by atoms with Gasteiger partial charge in [-0.3, -0.25) is 0 Å². The first-order valence-corrected chi connectivity index (χ1v) is 9.41. The van der Waals surface area contributed by atoms with Crippen LogP contribution in [0.25, 0.3) is 0 Å². The van der Waals surface area contributed by atoms with Crippen LogP contribution in [-0.2, 0) is 12.8 Å². The van der Waals surface area contributed by atoms with Crippen molar-refractivity contribution in [1.29, 1.82) is 5.41 Å². The van der Waals surface area contributed by atoms with E-state index in [9.17, 15) is 0 Å². The van der Waals surface area contributed by atoms with Crippen LogP contribution in [0, 0.1) is 5.41 Å². The molecule has 0 saturated carbocycles. The third-order valence-electron chi connectivity index (χ3n) is 4.94. The van der Waals surface area contributed by atoms with Crippen molar-refractivity contribution in [3.8, 4) is 0 Å². The summed E-state index contributed by atoms with van der Waals surface area (Å²) in [4.78, 5) is 7.06. The van der Waals surface area contributed by atoms with E-state index in [2.05, 4.69) is 49.1 Å². The fourth-order valence-corrected chi connectivity index (χ4v) is 3.61. The molecule has 4 heteroatoms. The van der Waals surface area contributed by atoms with Crippen LogP contribution >= 0.6 is 0 Å². The van der Waals surface area contributed by atoms with Gasteiger partial charge in [0.25, 0.3) is 0 Å². The van der Waals surface area contributed by atoms with Crippen LogP contribution in [0.4, 0.5) is 5.88 Å². The number of aryl methyl sites for hydroxylation is 2. The summed E-state index contributed by atoms with van der Waals surface area (Å²) in [6, 6.07) is 10.7. The zero-order valence-electron chi connectivity index (χ0n) is 15.6. The molecule has 1 saturated heterocycles. The van der Waals surface area contributed by atoms with Crippen LogP contribution in [0.1, 0.15) is 63.1 Å². The molecule has 25 heavy (non-hydrogen) atoms. The minimum absolute atomic E-state index is 0.169. The summed E-state index contributed by atoms with van der Waals surface area (Å²) in [5.41, 5.74) is 3.12. The van der Waals surface area contributed by atoms with Gasteiger partial charge >= 0.3 is 0 Å². The van der Waals surface area contributed by atoms with E-state index >= 15 is 0 Å². The Hall–Kier alpha value is -2.10. The van der Waals surface area contributed by atoms with Crippen LogP contribution in [0.3, 0.4) is 0 Å². The highest BCUT2D eigenvalue weighted by Crippen LogP contribution is 2.34. The van der Waals surface area contributed by atoms with Gasteiger partial charge in [0.1, 0.15) is 5.69 Å². The van der Waals surface area contributed by atoms with E-state index in [1.165, 1.54) is 5.56 Å². The van der Waals surface area contributed by atoms with Gasteiger partial charge in [-0.1, -0.05) is 44.2 Å². The van der Waals surface area contributed by atoms with Gasteiger partial charge < -0.3 is 14.7 Å². The Labute approximate surface area is 150 Å². The molecule has 0 spiro atoms. The Bertz CT molecular complexity index is 705. The van der Waals surface area contributed by atoms with E-state index < -0.39 is 0 Å². The number of nitrogens with one attached hydrogen (secondary N) is 1. The molecule has 1 aromatic heterocycles. The number of hydrogen-bond acceptors (Lipinski definition) is 4. The van der Waals surface area contributed by atoms with Crippen LogP contribution in [0.15, 0.2) is 34.7 Å². The summed E-state index contributed by atoms with van der Waals surface area (Å²) in [5.74, 6) is 2.07. The maximum atomic E-state index is 8.06. The first kappa shape index (κ1) is 17.7. The molecular formula is C21H29N3O. The topological polar surface area (TPSA) is 53.1 Å². The molecule has 2 aromatic rings. The Morgan fingerprint density at radius 1 is 1.28 bits per heavy atom. The second-order valence-corrected chi connectivity index (χ2v) is 7.33. The van der Waals surface area contributed by atoms with Crippen LogP contribution < -0.4 is 4.90 Å². The van der Waals surface area contributed by atoms with Crippen molar-refractivity contribution in [2.45, 2.75) is 64.8 Å². The maximum absolute atomic E-state index is 8.06. The standard InChI is InChI=1S/C21H29N3O/c1-15(2)20-21(24-14-8-12-18(24)16(3)22)25-19(23-20)13-7-11-17-9-5-4-6-10-17/h4-6,9-10,15,18,22H,7-8,11-14H2,1-3H3/t18-/m0/s1. The summed E-state index contributed by atoms with van der Waals surface area (Å²) < 4.78 is 6.20. The molecule has 0 amide bonds. The zero-order valence-corrected chi connectivity index (χ0v) is 15.6. The first-order valence-electron chi connectivity index (χ1n) is 9.41. The molecule has 1 aliphatic heterocycles. The molecule has 3 rings (SSSR count). The molecule has 0 bridgehead atoms. The van der Waals surface area contributed by atoms with E-state index in [1.54, 1.807) is 0 Å². The highest BCUT2D eigenvalue weighted by Gasteiger charge is 2.32. The van der Waals surface area contributed by atoms with Gasteiger partial charge in [-0.25, -0.2) is 4.98 Å². The molecule has 1 N–H and O–H groups in total. The van der Waals surface area contributed by atoms with Gasteiger partial charge in [-0.05, 0) is 38.2 Å². The summed E-state index contributed by atoms with van der Waals surface area (Å²) in [6.45, 7) is 7.18. The van der Waals surface area contributed by atoms with E-state index in [-0.39, 0.29) is 6.04 Å². The maximum Gasteiger partial charge on any atom is 0.220 e. The van der Waals surface area contributed by atoms with Crippen molar-refractivity contribution in [2.75, 3.05) is 11.4 Å². The van der Waals surface area contributed by atoms with Gasteiger partial charge in [0.2, 0.25) is 5.88 Å². The molecule has 1 aliphatic rings. The van der Waals surface area contributed by atoms with Crippen molar-refractivity contribution in [3.63, 3.8) is 0 Å². The molecule has 0 aliphatic carbocycles. The molecule has 4 nitrogen and oxygen atoms in total. The van der Waals surface area contributed by atoms with Crippen molar-refractivity contribution < 1.29 is 4.42 Å². The Morgan fingerprint density at radius 3 is 2.72 bits per heavy atom. The zero-order chi connectivity index (χ0) is 17.8. The van der Waals surface area contributed by atoms with Crippen molar-refractivity contribution >= 4 is 11.6 Å². The minimum Gasteiger partial charge on any atom is -0.425 e. The summed E-state index contributed by atoms with van der Waals surface area (Å²) in [7, 11) is 0. The molecule has 1 aromatic carbocycles. The molecule has 1 atom stereocenters. The second kappa shape index (κ2) is 7.85. The lowest BCUT2D eigenvalue weighted by atomic mass is 10.1. The Balaban J connectivity index is 1.72. The quantitative estimate of drug-likeness (QED) is 0.724. The molecule has 1 fully saturated rings. The number of aromatic nitrogens is 1. The van der Waals surface area contributed by atoms with Crippen molar-refractivity contribution in [1.82, 2.24) is 4.98 Å². The SMILES string of the molecule is CC(=N)[C@@H]1CCCN1c1oc(CCCc2ccccc2)nc1C(C)C.